The fourth-order valence-electron chi connectivity index (χ4n) is 2.39. The Labute approximate surface area is 123 Å². The minimum absolute atomic E-state index is 0.00783. The van der Waals surface area contributed by atoms with E-state index in [1.165, 1.54) is 0 Å². The van der Waals surface area contributed by atoms with E-state index in [0.717, 1.165) is 12.8 Å². The van der Waals surface area contributed by atoms with Crippen molar-refractivity contribution < 1.29 is 23.1 Å². The molecule has 6 heteroatoms. The van der Waals surface area contributed by atoms with E-state index in [0.29, 0.717) is 12.5 Å². The molecule has 0 N–H and O–H groups in total. The van der Waals surface area contributed by atoms with Crippen LogP contribution in [0.5, 0.6) is 0 Å². The van der Waals surface area contributed by atoms with Crippen molar-refractivity contribution in [3.63, 3.8) is 0 Å². The van der Waals surface area contributed by atoms with Gasteiger partial charge in [0.15, 0.2) is 0 Å². The van der Waals surface area contributed by atoms with Gasteiger partial charge in [0.25, 0.3) is 0 Å². The van der Waals surface area contributed by atoms with Gasteiger partial charge in [0.2, 0.25) is 0 Å². The Kier molecular flexibility index (Phi) is 8.15. The average molecular weight is 307 g/mol. The van der Waals surface area contributed by atoms with Gasteiger partial charge < -0.3 is 9.47 Å². The number of hydrogen-bond donors (Lipinski definition) is 0. The fraction of sp³-hybridized carbons (Fsp3) is 1.00. The maximum Gasteiger partial charge on any atom is 0.697 e. The van der Waals surface area contributed by atoms with E-state index in [1.807, 2.05) is 27.7 Å². The normalized spacial score (nSPS) is 31.0. The van der Waals surface area contributed by atoms with Crippen molar-refractivity contribution in [1.29, 1.82) is 0 Å². The van der Waals surface area contributed by atoms with Crippen molar-refractivity contribution in [1.82, 2.24) is 0 Å². The van der Waals surface area contributed by atoms with Crippen molar-refractivity contribution in [2.75, 3.05) is 13.2 Å². The van der Waals surface area contributed by atoms with Crippen molar-refractivity contribution in [2.45, 2.75) is 71.9 Å². The standard InChI is InChI=1S/C14H28O5P/c1-6-12(7-2)19-20(15)17-9-13-14(16-8-3)10(4)11(5)18-13/h10-14H,6-9H2,1-5H3/q+1/t10-,11-,13?,14-/m0/s1. The van der Waals surface area contributed by atoms with Crippen LogP contribution in [-0.4, -0.2) is 37.6 Å². The Balaban J connectivity index is 2.41. The largest absolute Gasteiger partial charge is 0.697 e. The van der Waals surface area contributed by atoms with Crippen LogP contribution in [-0.2, 0) is 23.1 Å². The third-order valence-electron chi connectivity index (χ3n) is 3.86. The van der Waals surface area contributed by atoms with Crippen molar-refractivity contribution in [3.8, 4) is 0 Å². The summed E-state index contributed by atoms with van der Waals surface area (Å²) >= 11 is 0. The Bertz CT molecular complexity index is 295. The molecule has 0 saturated carbocycles. The summed E-state index contributed by atoms with van der Waals surface area (Å²) in [5, 5.41) is 0. The van der Waals surface area contributed by atoms with E-state index in [2.05, 4.69) is 6.92 Å². The molecule has 5 nitrogen and oxygen atoms in total. The van der Waals surface area contributed by atoms with Crippen LogP contribution in [0.25, 0.3) is 0 Å². The second-order valence-corrected chi connectivity index (χ2v) is 6.14. The first-order valence-corrected chi connectivity index (χ1v) is 8.66. The lowest BCUT2D eigenvalue weighted by molar-refractivity contribution is -0.0399. The minimum atomic E-state index is -2.09. The molecule has 2 unspecified atom stereocenters. The molecular weight excluding hydrogens is 279 g/mol. The van der Waals surface area contributed by atoms with Crippen LogP contribution in [0.15, 0.2) is 0 Å². The molecule has 1 saturated heterocycles. The predicted octanol–water partition coefficient (Wildman–Crippen LogP) is 3.69. The quantitative estimate of drug-likeness (QED) is 0.608. The van der Waals surface area contributed by atoms with Crippen molar-refractivity contribution in [2.24, 2.45) is 5.92 Å². The van der Waals surface area contributed by atoms with E-state index in [-0.39, 0.29) is 31.0 Å². The summed E-state index contributed by atoms with van der Waals surface area (Å²) in [7, 11) is -2.09. The van der Waals surface area contributed by atoms with Gasteiger partial charge in [-0.05, 0) is 26.7 Å². The topological polar surface area (TPSA) is 54.0 Å². The van der Waals surface area contributed by atoms with Crippen LogP contribution in [0.3, 0.4) is 0 Å². The Hall–Kier alpha value is -0.0600. The molecule has 5 atom stereocenters. The first-order valence-electron chi connectivity index (χ1n) is 7.57. The number of ether oxygens (including phenoxy) is 2. The molecule has 0 bridgehead atoms. The molecule has 1 fully saturated rings. The molecule has 1 heterocycles. The molecule has 0 spiro atoms. The van der Waals surface area contributed by atoms with Gasteiger partial charge in [0.05, 0.1) is 12.2 Å². The minimum Gasteiger partial charge on any atom is -0.375 e. The Morgan fingerprint density at radius 1 is 1.20 bits per heavy atom. The summed E-state index contributed by atoms with van der Waals surface area (Å²) in [5.74, 6) is 0.307. The molecule has 0 radical (unpaired) electrons. The van der Waals surface area contributed by atoms with Crippen LogP contribution in [0.4, 0.5) is 0 Å². The zero-order valence-electron chi connectivity index (χ0n) is 13.2. The highest BCUT2D eigenvalue weighted by Crippen LogP contribution is 2.33. The lowest BCUT2D eigenvalue weighted by Gasteiger charge is -2.19. The van der Waals surface area contributed by atoms with Crippen LogP contribution >= 0.6 is 8.25 Å². The van der Waals surface area contributed by atoms with E-state index >= 15 is 0 Å². The Morgan fingerprint density at radius 3 is 2.40 bits per heavy atom. The van der Waals surface area contributed by atoms with Gasteiger partial charge in [0.1, 0.15) is 18.8 Å². The van der Waals surface area contributed by atoms with E-state index < -0.39 is 8.25 Å². The maximum atomic E-state index is 11.8. The molecule has 0 amide bonds. The van der Waals surface area contributed by atoms with Gasteiger partial charge in [-0.15, -0.1) is 9.05 Å². The fourth-order valence-corrected chi connectivity index (χ4v) is 3.26. The smallest absolute Gasteiger partial charge is 0.375 e. The lowest BCUT2D eigenvalue weighted by atomic mass is 9.99. The maximum absolute atomic E-state index is 11.8. The van der Waals surface area contributed by atoms with Gasteiger partial charge in [-0.1, -0.05) is 20.8 Å². The van der Waals surface area contributed by atoms with E-state index in [1.54, 1.807) is 0 Å². The Morgan fingerprint density at radius 2 is 1.85 bits per heavy atom. The SMILES string of the molecule is CCO[C@@H]1C(CO[P+](=O)OC(CC)CC)O[C@@H](C)[C@@H]1C. The van der Waals surface area contributed by atoms with Crippen LogP contribution in [0.2, 0.25) is 0 Å². The third-order valence-corrected chi connectivity index (χ3v) is 4.69. The third kappa shape index (κ3) is 5.05. The van der Waals surface area contributed by atoms with Crippen molar-refractivity contribution in [3.05, 3.63) is 0 Å². The van der Waals surface area contributed by atoms with E-state index in [4.69, 9.17) is 18.5 Å². The second-order valence-electron chi connectivity index (χ2n) is 5.22. The zero-order chi connectivity index (χ0) is 15.1. The van der Waals surface area contributed by atoms with Crippen LogP contribution < -0.4 is 0 Å². The summed E-state index contributed by atoms with van der Waals surface area (Å²) in [6.07, 6.45) is 1.59. The number of hydrogen-bond acceptors (Lipinski definition) is 5. The molecule has 0 aliphatic carbocycles. The van der Waals surface area contributed by atoms with Crippen LogP contribution in [0.1, 0.15) is 47.5 Å². The zero-order valence-corrected chi connectivity index (χ0v) is 14.1. The lowest BCUT2D eigenvalue weighted by Crippen LogP contribution is -2.32. The van der Waals surface area contributed by atoms with E-state index in [9.17, 15) is 4.57 Å². The second kappa shape index (κ2) is 9.06. The highest BCUT2D eigenvalue weighted by Gasteiger charge is 2.42. The van der Waals surface area contributed by atoms with Crippen LogP contribution in [0, 0.1) is 5.92 Å². The molecule has 1 rings (SSSR count). The average Bonchev–Trinajstić information content (AvgIpc) is 2.70. The molecule has 0 aromatic carbocycles. The highest BCUT2D eigenvalue weighted by molar-refractivity contribution is 7.33. The summed E-state index contributed by atoms with van der Waals surface area (Å²) in [6.45, 7) is 11.0. The first-order chi connectivity index (χ1) is 9.53. The summed E-state index contributed by atoms with van der Waals surface area (Å²) in [6, 6.07) is 0. The van der Waals surface area contributed by atoms with Crippen molar-refractivity contribution >= 4 is 8.25 Å². The summed E-state index contributed by atoms with van der Waals surface area (Å²) in [4.78, 5) is 0. The summed E-state index contributed by atoms with van der Waals surface area (Å²) in [5.41, 5.74) is 0. The molecule has 118 valence electrons. The monoisotopic (exact) mass is 307 g/mol. The van der Waals surface area contributed by atoms with Gasteiger partial charge >= 0.3 is 8.25 Å². The summed E-state index contributed by atoms with van der Waals surface area (Å²) < 4.78 is 34.0. The van der Waals surface area contributed by atoms with Gasteiger partial charge in [0, 0.05) is 17.1 Å². The molecule has 0 aromatic heterocycles. The van der Waals surface area contributed by atoms with Gasteiger partial charge in [-0.3, -0.25) is 0 Å². The predicted molar refractivity (Wildman–Crippen MR) is 77.9 cm³/mol. The van der Waals surface area contributed by atoms with Gasteiger partial charge in [-0.25, -0.2) is 0 Å². The molecular formula is C14H28O5P+. The molecule has 0 aromatic rings. The first kappa shape index (κ1) is 18.0. The molecule has 1 aliphatic heterocycles. The molecule has 20 heavy (non-hydrogen) atoms. The molecule has 1 aliphatic rings. The highest BCUT2D eigenvalue weighted by atomic mass is 31.1. The number of rotatable bonds is 9. The van der Waals surface area contributed by atoms with Gasteiger partial charge in [-0.2, -0.15) is 0 Å².